The van der Waals surface area contributed by atoms with Crippen molar-refractivity contribution in [3.63, 3.8) is 0 Å². The lowest BCUT2D eigenvalue weighted by Crippen LogP contribution is -2.08. The van der Waals surface area contributed by atoms with E-state index in [1.807, 2.05) is 24.3 Å². The highest BCUT2D eigenvalue weighted by Crippen LogP contribution is 2.32. The van der Waals surface area contributed by atoms with Gasteiger partial charge < -0.3 is 10.1 Å². The normalized spacial score (nSPS) is 10.4. The Morgan fingerprint density at radius 1 is 1.11 bits per heavy atom. The predicted molar refractivity (Wildman–Crippen MR) is 73.4 cm³/mol. The molecule has 2 nitrogen and oxygen atoms in total. The topological polar surface area (TPSA) is 21.3 Å². The third-order valence-electron chi connectivity index (χ3n) is 2.49. The van der Waals surface area contributed by atoms with Gasteiger partial charge in [-0.2, -0.15) is 0 Å². The van der Waals surface area contributed by atoms with Crippen LogP contribution >= 0.6 is 15.9 Å². The number of hydrogen-bond donors (Lipinski definition) is 1. The van der Waals surface area contributed by atoms with E-state index in [0.29, 0.717) is 23.6 Å². The van der Waals surface area contributed by atoms with E-state index in [1.165, 1.54) is 6.07 Å². The third kappa shape index (κ3) is 2.89. The zero-order valence-corrected chi connectivity index (χ0v) is 11.5. The molecule has 0 saturated heterocycles. The van der Waals surface area contributed by atoms with Gasteiger partial charge in [-0.1, -0.05) is 18.2 Å². The molecule has 0 spiro atoms. The molecule has 2 aromatic carbocycles. The molecule has 0 aromatic heterocycles. The Bertz CT molecular complexity index is 545. The Morgan fingerprint density at radius 3 is 2.56 bits per heavy atom. The van der Waals surface area contributed by atoms with Crippen LogP contribution in [0.1, 0.15) is 5.56 Å². The van der Waals surface area contributed by atoms with Gasteiger partial charge >= 0.3 is 0 Å². The minimum atomic E-state index is -0.270. The second-order valence-electron chi connectivity index (χ2n) is 3.78. The maximum atomic E-state index is 13.7. The molecule has 0 fully saturated rings. The van der Waals surface area contributed by atoms with Gasteiger partial charge in [-0.05, 0) is 47.2 Å². The van der Waals surface area contributed by atoms with Crippen LogP contribution in [-0.4, -0.2) is 7.05 Å². The number of benzene rings is 2. The van der Waals surface area contributed by atoms with Gasteiger partial charge in [0.2, 0.25) is 0 Å². The highest BCUT2D eigenvalue weighted by atomic mass is 79.9. The summed E-state index contributed by atoms with van der Waals surface area (Å²) in [6.45, 7) is 0.423. The van der Waals surface area contributed by atoms with Crippen molar-refractivity contribution in [1.29, 1.82) is 0 Å². The first kappa shape index (κ1) is 13.1. The Kier molecular flexibility index (Phi) is 4.33. The van der Waals surface area contributed by atoms with E-state index in [9.17, 15) is 4.39 Å². The number of ether oxygens (including phenoxy) is 1. The highest BCUT2D eigenvalue weighted by molar-refractivity contribution is 9.10. The highest BCUT2D eigenvalue weighted by Gasteiger charge is 2.10. The van der Waals surface area contributed by atoms with Gasteiger partial charge in [0, 0.05) is 12.1 Å². The molecule has 0 heterocycles. The van der Waals surface area contributed by atoms with Gasteiger partial charge in [-0.25, -0.2) is 4.39 Å². The average molecular weight is 310 g/mol. The maximum Gasteiger partial charge on any atom is 0.141 e. The molecule has 0 aliphatic rings. The van der Waals surface area contributed by atoms with Crippen LogP contribution in [0, 0.1) is 5.82 Å². The second-order valence-corrected chi connectivity index (χ2v) is 4.63. The van der Waals surface area contributed by atoms with Crippen molar-refractivity contribution in [3.8, 4) is 11.5 Å². The maximum absolute atomic E-state index is 13.7. The summed E-state index contributed by atoms with van der Waals surface area (Å²) < 4.78 is 20.3. The molecular weight excluding hydrogens is 297 g/mol. The van der Waals surface area contributed by atoms with Crippen LogP contribution in [0.4, 0.5) is 4.39 Å². The van der Waals surface area contributed by atoms with E-state index in [1.54, 1.807) is 19.2 Å². The first-order valence-corrected chi connectivity index (χ1v) is 6.36. The lowest BCUT2D eigenvalue weighted by molar-refractivity contribution is 0.461. The van der Waals surface area contributed by atoms with Crippen LogP contribution < -0.4 is 10.1 Å². The van der Waals surface area contributed by atoms with Crippen molar-refractivity contribution in [3.05, 3.63) is 58.3 Å². The lowest BCUT2D eigenvalue weighted by Gasteiger charge is -2.12. The zero-order valence-electron chi connectivity index (χ0n) is 9.91. The summed E-state index contributed by atoms with van der Waals surface area (Å²) in [7, 11) is 1.77. The Balaban J connectivity index is 2.34. The fraction of sp³-hybridized carbons (Fsp3) is 0.143. The molecule has 4 heteroatoms. The number of rotatable bonds is 4. The molecule has 0 radical (unpaired) electrons. The van der Waals surface area contributed by atoms with E-state index in [2.05, 4.69) is 21.2 Å². The molecule has 2 aromatic rings. The number of nitrogens with one attached hydrogen (secondary N) is 1. The Hall–Kier alpha value is -1.39. The van der Waals surface area contributed by atoms with Crippen LogP contribution in [0.15, 0.2) is 46.9 Å². The fourth-order valence-electron chi connectivity index (χ4n) is 1.63. The van der Waals surface area contributed by atoms with Crippen molar-refractivity contribution in [1.82, 2.24) is 5.32 Å². The molecular formula is C14H13BrFNO. The van der Waals surface area contributed by atoms with E-state index >= 15 is 0 Å². The number of para-hydroxylation sites is 1. The first-order valence-electron chi connectivity index (χ1n) is 5.56. The first-order chi connectivity index (χ1) is 8.72. The van der Waals surface area contributed by atoms with Crippen LogP contribution in [0.5, 0.6) is 11.5 Å². The molecule has 0 bridgehead atoms. The summed E-state index contributed by atoms with van der Waals surface area (Å²) >= 11 is 3.40. The Morgan fingerprint density at radius 2 is 1.83 bits per heavy atom. The van der Waals surface area contributed by atoms with Crippen molar-refractivity contribution in [2.24, 2.45) is 0 Å². The van der Waals surface area contributed by atoms with Crippen molar-refractivity contribution in [2.75, 3.05) is 7.05 Å². The molecule has 94 valence electrons. The van der Waals surface area contributed by atoms with Gasteiger partial charge in [0.15, 0.2) is 0 Å². The predicted octanol–water partition coefficient (Wildman–Crippen LogP) is 4.10. The molecule has 0 aliphatic heterocycles. The van der Waals surface area contributed by atoms with E-state index < -0.39 is 0 Å². The van der Waals surface area contributed by atoms with Gasteiger partial charge in [-0.3, -0.25) is 0 Å². The van der Waals surface area contributed by atoms with Crippen molar-refractivity contribution >= 4 is 15.9 Å². The van der Waals surface area contributed by atoms with Crippen LogP contribution in [0.3, 0.4) is 0 Å². The third-order valence-corrected chi connectivity index (χ3v) is 3.14. The monoisotopic (exact) mass is 309 g/mol. The second kappa shape index (κ2) is 5.98. The van der Waals surface area contributed by atoms with Gasteiger partial charge in [-0.15, -0.1) is 0 Å². The van der Waals surface area contributed by atoms with Crippen molar-refractivity contribution in [2.45, 2.75) is 6.54 Å². The molecule has 0 saturated carbocycles. The van der Waals surface area contributed by atoms with Gasteiger partial charge in [0.25, 0.3) is 0 Å². The molecule has 0 unspecified atom stereocenters. The summed E-state index contributed by atoms with van der Waals surface area (Å²) in [4.78, 5) is 0. The fourth-order valence-corrected chi connectivity index (χ4v) is 1.99. The quantitative estimate of drug-likeness (QED) is 0.918. The molecule has 2 rings (SSSR count). The summed E-state index contributed by atoms with van der Waals surface area (Å²) in [5, 5.41) is 2.93. The average Bonchev–Trinajstić information content (AvgIpc) is 2.36. The summed E-state index contributed by atoms with van der Waals surface area (Å²) in [5.74, 6) is 0.922. The molecule has 0 aliphatic carbocycles. The van der Waals surface area contributed by atoms with E-state index in [-0.39, 0.29) is 5.82 Å². The molecule has 1 N–H and O–H groups in total. The molecule has 0 amide bonds. The van der Waals surface area contributed by atoms with Gasteiger partial charge in [0.05, 0.1) is 4.47 Å². The van der Waals surface area contributed by atoms with Crippen molar-refractivity contribution < 1.29 is 9.13 Å². The van der Waals surface area contributed by atoms with E-state index in [0.717, 1.165) is 4.47 Å². The summed E-state index contributed by atoms with van der Waals surface area (Å²) in [6.07, 6.45) is 0. The van der Waals surface area contributed by atoms with E-state index in [4.69, 9.17) is 4.74 Å². The smallest absolute Gasteiger partial charge is 0.141 e. The van der Waals surface area contributed by atoms with Crippen LogP contribution in [0.25, 0.3) is 0 Å². The van der Waals surface area contributed by atoms with Crippen LogP contribution in [0.2, 0.25) is 0 Å². The minimum Gasteiger partial charge on any atom is -0.456 e. The number of hydrogen-bond acceptors (Lipinski definition) is 2. The summed E-state index contributed by atoms with van der Waals surface area (Å²) in [5.41, 5.74) is 0.524. The lowest BCUT2D eigenvalue weighted by atomic mass is 10.2. The SMILES string of the molecule is CNCc1c(F)cccc1Oc1ccccc1Br. The molecule has 0 atom stereocenters. The van der Waals surface area contributed by atoms with Crippen LogP contribution in [-0.2, 0) is 6.54 Å². The molecule has 18 heavy (non-hydrogen) atoms. The standard InChI is InChI=1S/C14H13BrFNO/c1-17-9-10-12(16)6-4-8-13(10)18-14-7-3-2-5-11(14)15/h2-8,17H,9H2,1H3. The Labute approximate surface area is 114 Å². The summed E-state index contributed by atoms with van der Waals surface area (Å²) in [6, 6.07) is 12.3. The minimum absolute atomic E-state index is 0.270. The largest absolute Gasteiger partial charge is 0.456 e. The van der Waals surface area contributed by atoms with Gasteiger partial charge in [0.1, 0.15) is 17.3 Å². The zero-order chi connectivity index (χ0) is 13.0. The number of halogens is 2.